The number of carbonyl (C=O) groups excluding carboxylic acids is 1. The molecule has 142 valence electrons. The van der Waals surface area contributed by atoms with Crippen molar-refractivity contribution in [3.63, 3.8) is 0 Å². The Kier molecular flexibility index (Phi) is 5.46. The van der Waals surface area contributed by atoms with Crippen molar-refractivity contribution in [2.45, 2.75) is 50.0 Å². The van der Waals surface area contributed by atoms with Gasteiger partial charge in [-0.1, -0.05) is 37.0 Å². The molecule has 2 N–H and O–H groups in total. The number of nitrogens with one attached hydrogen (secondary N) is 2. The van der Waals surface area contributed by atoms with Crippen LogP contribution in [0.3, 0.4) is 0 Å². The molecule has 1 saturated carbocycles. The molecule has 8 nitrogen and oxygen atoms in total. The molecule has 3 rings (SSSR count). The molecule has 1 aliphatic carbocycles. The van der Waals surface area contributed by atoms with Crippen molar-refractivity contribution in [2.24, 2.45) is 0 Å². The zero-order chi connectivity index (χ0) is 19.4. The van der Waals surface area contributed by atoms with E-state index in [-0.39, 0.29) is 22.3 Å². The number of nitrogens with zero attached hydrogens (tertiary/aromatic N) is 3. The number of hydrogen-bond acceptors (Lipinski definition) is 5. The summed E-state index contributed by atoms with van der Waals surface area (Å²) in [5.41, 5.74) is 1.11. The van der Waals surface area contributed by atoms with Gasteiger partial charge in [-0.25, -0.2) is 22.6 Å². The maximum Gasteiger partial charge on any atom is 0.334 e. The molecule has 0 radical (unpaired) electrons. The number of amides is 2. The van der Waals surface area contributed by atoms with Crippen molar-refractivity contribution >= 4 is 21.9 Å². The minimum Gasteiger partial charge on any atom is -0.291 e. The van der Waals surface area contributed by atoms with Gasteiger partial charge in [0, 0.05) is 0 Å². The number of aromatic nitrogens is 2. The lowest BCUT2D eigenvalue weighted by Gasteiger charge is -2.24. The van der Waals surface area contributed by atoms with Crippen LogP contribution in [0.15, 0.2) is 35.4 Å². The molecule has 2 amide bonds. The molecule has 1 aliphatic rings. The van der Waals surface area contributed by atoms with Gasteiger partial charge in [-0.15, -0.1) is 0 Å². The summed E-state index contributed by atoms with van der Waals surface area (Å²) in [4.78, 5) is 12.3. The quantitative estimate of drug-likeness (QED) is 0.836. The molecule has 0 saturated heterocycles. The molecule has 0 aliphatic heterocycles. The van der Waals surface area contributed by atoms with E-state index in [4.69, 9.17) is 0 Å². The highest BCUT2D eigenvalue weighted by molar-refractivity contribution is 7.90. The lowest BCUT2D eigenvalue weighted by molar-refractivity contribution is 0.256. The first-order valence-corrected chi connectivity index (χ1v) is 10.3. The summed E-state index contributed by atoms with van der Waals surface area (Å²) in [6, 6.07) is 7.31. The van der Waals surface area contributed by atoms with Crippen LogP contribution >= 0.6 is 0 Å². The van der Waals surface area contributed by atoms with Crippen LogP contribution < -0.4 is 10.0 Å². The average Bonchev–Trinajstić information content (AvgIpc) is 3.04. The van der Waals surface area contributed by atoms with Crippen LogP contribution in [0.1, 0.15) is 49.3 Å². The Hall–Kier alpha value is -2.86. The molecule has 1 fully saturated rings. The predicted molar refractivity (Wildman–Crippen MR) is 99.6 cm³/mol. The summed E-state index contributed by atoms with van der Waals surface area (Å²) < 4.78 is 28.3. The van der Waals surface area contributed by atoms with Crippen LogP contribution in [-0.4, -0.2) is 24.2 Å². The predicted octanol–water partition coefficient (Wildman–Crippen LogP) is 3.08. The summed E-state index contributed by atoms with van der Waals surface area (Å²) in [5.74, 6) is 0.223. The molecule has 2 aromatic rings. The van der Waals surface area contributed by atoms with Gasteiger partial charge >= 0.3 is 6.03 Å². The summed E-state index contributed by atoms with van der Waals surface area (Å²) in [6.45, 7) is 1.84. The van der Waals surface area contributed by atoms with Gasteiger partial charge in [0.15, 0.2) is 5.82 Å². The van der Waals surface area contributed by atoms with E-state index in [0.29, 0.717) is 0 Å². The smallest absolute Gasteiger partial charge is 0.291 e. The number of carbonyl (C=O) groups is 1. The Bertz CT molecular complexity index is 967. The summed E-state index contributed by atoms with van der Waals surface area (Å²) in [5, 5.41) is 16.0. The first kappa shape index (κ1) is 18.9. The maximum absolute atomic E-state index is 12.4. The molecule has 1 aromatic carbocycles. The molecule has 27 heavy (non-hydrogen) atoms. The molecular weight excluding hydrogens is 366 g/mol. The molecule has 0 atom stereocenters. The van der Waals surface area contributed by atoms with Gasteiger partial charge in [-0.3, -0.25) is 5.32 Å². The normalized spacial score (nSPS) is 15.1. The second-order valence-corrected chi connectivity index (χ2v) is 8.31. The van der Waals surface area contributed by atoms with Crippen molar-refractivity contribution in [3.05, 3.63) is 41.6 Å². The average molecular weight is 387 g/mol. The second-order valence-electron chi connectivity index (χ2n) is 6.63. The standard InChI is InChI=1S/C18H21N5O3S/c1-13-7-9-16(10-8-13)27(25,26)22-18(24)21-17-14(11-19)12-20-23(17)15-5-3-2-4-6-15/h7-10,12,15H,2-6H2,1H3,(H2,21,22,24). The van der Waals surface area contributed by atoms with Crippen LogP contribution in [-0.2, 0) is 10.0 Å². The van der Waals surface area contributed by atoms with E-state index in [2.05, 4.69) is 10.4 Å². The fourth-order valence-corrected chi connectivity index (χ4v) is 4.11. The largest absolute Gasteiger partial charge is 0.334 e. The van der Waals surface area contributed by atoms with Crippen molar-refractivity contribution < 1.29 is 13.2 Å². The minimum absolute atomic E-state index is 0.00968. The highest BCUT2D eigenvalue weighted by Crippen LogP contribution is 2.31. The Morgan fingerprint density at radius 1 is 1.22 bits per heavy atom. The number of rotatable bonds is 4. The first-order chi connectivity index (χ1) is 12.9. The number of hydrogen-bond donors (Lipinski definition) is 2. The number of aryl methyl sites for hydroxylation is 1. The molecule has 0 bridgehead atoms. The van der Waals surface area contributed by atoms with Gasteiger partial charge in [0.25, 0.3) is 10.0 Å². The van der Waals surface area contributed by atoms with Crippen LogP contribution in [0.25, 0.3) is 0 Å². The van der Waals surface area contributed by atoms with Gasteiger partial charge in [0.2, 0.25) is 0 Å². The zero-order valence-corrected chi connectivity index (χ0v) is 15.8. The number of sulfonamides is 1. The van der Waals surface area contributed by atoms with Crippen LogP contribution in [0, 0.1) is 18.3 Å². The zero-order valence-electron chi connectivity index (χ0n) is 15.0. The summed E-state index contributed by atoms with van der Waals surface area (Å²) in [7, 11) is -4.01. The Labute approximate surface area is 158 Å². The third-order valence-electron chi connectivity index (χ3n) is 4.63. The van der Waals surface area contributed by atoms with Crippen LogP contribution in [0.2, 0.25) is 0 Å². The fourth-order valence-electron chi connectivity index (χ4n) is 3.20. The molecule has 1 heterocycles. The maximum atomic E-state index is 12.4. The van der Waals surface area contributed by atoms with E-state index >= 15 is 0 Å². The monoisotopic (exact) mass is 387 g/mol. The topological polar surface area (TPSA) is 117 Å². The number of nitriles is 1. The number of benzene rings is 1. The van der Waals surface area contributed by atoms with E-state index in [1.54, 1.807) is 16.8 Å². The Morgan fingerprint density at radius 2 is 1.89 bits per heavy atom. The van der Waals surface area contributed by atoms with E-state index in [1.807, 2.05) is 17.7 Å². The highest BCUT2D eigenvalue weighted by Gasteiger charge is 2.24. The molecule has 9 heteroatoms. The van der Waals surface area contributed by atoms with E-state index in [1.165, 1.54) is 18.3 Å². The summed E-state index contributed by atoms with van der Waals surface area (Å²) >= 11 is 0. The lowest BCUT2D eigenvalue weighted by atomic mass is 9.95. The third-order valence-corrected chi connectivity index (χ3v) is 5.97. The van der Waals surface area contributed by atoms with E-state index in [9.17, 15) is 18.5 Å². The van der Waals surface area contributed by atoms with Gasteiger partial charge in [0.1, 0.15) is 11.6 Å². The number of anilines is 1. The van der Waals surface area contributed by atoms with Crippen LogP contribution in [0.4, 0.5) is 10.6 Å². The molecule has 1 aromatic heterocycles. The Balaban J connectivity index is 1.78. The van der Waals surface area contributed by atoms with Gasteiger partial charge < -0.3 is 0 Å². The van der Waals surface area contributed by atoms with Gasteiger partial charge in [0.05, 0.1) is 17.1 Å². The van der Waals surface area contributed by atoms with Crippen LogP contribution in [0.5, 0.6) is 0 Å². The van der Waals surface area contributed by atoms with Gasteiger partial charge in [-0.05, 0) is 31.9 Å². The minimum atomic E-state index is -4.01. The molecule has 0 spiro atoms. The Morgan fingerprint density at radius 3 is 2.52 bits per heavy atom. The van der Waals surface area contributed by atoms with E-state index in [0.717, 1.165) is 37.7 Å². The summed E-state index contributed by atoms with van der Waals surface area (Å²) in [6.07, 6.45) is 6.47. The molecule has 0 unspecified atom stereocenters. The van der Waals surface area contributed by atoms with Crippen molar-refractivity contribution in [3.8, 4) is 6.07 Å². The number of urea groups is 1. The third kappa shape index (κ3) is 4.28. The highest BCUT2D eigenvalue weighted by atomic mass is 32.2. The van der Waals surface area contributed by atoms with E-state index < -0.39 is 16.1 Å². The first-order valence-electron chi connectivity index (χ1n) is 8.79. The van der Waals surface area contributed by atoms with Crippen molar-refractivity contribution in [1.29, 1.82) is 5.26 Å². The second kappa shape index (κ2) is 7.80. The van der Waals surface area contributed by atoms with Crippen molar-refractivity contribution in [2.75, 3.05) is 5.32 Å². The van der Waals surface area contributed by atoms with Gasteiger partial charge in [-0.2, -0.15) is 10.4 Å². The SMILES string of the molecule is Cc1ccc(S(=O)(=O)NC(=O)Nc2c(C#N)cnn2C2CCCCC2)cc1. The molecular formula is C18H21N5O3S. The fraction of sp³-hybridized carbons (Fsp3) is 0.389. The lowest BCUT2D eigenvalue weighted by Crippen LogP contribution is -2.35. The van der Waals surface area contributed by atoms with Crippen molar-refractivity contribution in [1.82, 2.24) is 14.5 Å².